The van der Waals surface area contributed by atoms with E-state index in [-0.39, 0.29) is 82.8 Å². The van der Waals surface area contributed by atoms with Crippen molar-refractivity contribution in [1.82, 2.24) is 31.2 Å². The van der Waals surface area contributed by atoms with Crippen molar-refractivity contribution in [1.29, 1.82) is 0 Å². The number of aromatic amines is 1. The van der Waals surface area contributed by atoms with Crippen LogP contribution in [0, 0.1) is 0 Å². The number of aliphatic carboxylic acids is 3. The molecule has 0 aliphatic carbocycles. The zero-order chi connectivity index (χ0) is 48.3. The van der Waals surface area contributed by atoms with Crippen molar-refractivity contribution in [2.24, 2.45) is 5.73 Å². The monoisotopic (exact) mass is 926 g/mol. The molecule has 2 amide bonds. The Hall–Kier alpha value is -4.30. The Balaban J connectivity index is 0.00000145. The number of hydrogen-bond donors (Lipinski definition) is 9. The fourth-order valence-electron chi connectivity index (χ4n) is 6.69. The number of H-pyrrole nitrogens is 1. The molecule has 0 saturated carbocycles. The van der Waals surface area contributed by atoms with Gasteiger partial charge in [0.15, 0.2) is 5.78 Å². The maximum atomic E-state index is 12.2. The second kappa shape index (κ2) is 42.3. The molecule has 1 heterocycles. The predicted molar refractivity (Wildman–Crippen MR) is 247 cm³/mol. The molecule has 1 rings (SSSR count). The lowest BCUT2D eigenvalue weighted by Crippen LogP contribution is -2.45. The molecule has 3 atom stereocenters. The Morgan fingerprint density at radius 2 is 1.18 bits per heavy atom. The van der Waals surface area contributed by atoms with E-state index < -0.39 is 36.0 Å². The number of carboxylic acid groups (broad SMARTS) is 3. The topological polar surface area (TPSA) is 301 Å². The molecule has 10 N–H and O–H groups in total. The number of carbonyl (C=O) groups is 7. The highest BCUT2D eigenvalue weighted by Crippen LogP contribution is 2.14. The average molecular weight is 926 g/mol. The van der Waals surface area contributed by atoms with Crippen LogP contribution in [0.3, 0.4) is 0 Å². The largest absolute Gasteiger partial charge is 0.481 e. The fourth-order valence-corrected chi connectivity index (χ4v) is 6.69. The quantitative estimate of drug-likeness (QED) is 0.0408. The first-order valence-electron chi connectivity index (χ1n) is 23.8. The van der Waals surface area contributed by atoms with Crippen LogP contribution in [-0.4, -0.2) is 138 Å². The molecule has 65 heavy (non-hydrogen) atoms. The first-order chi connectivity index (χ1) is 31.3. The number of unbranched alkanes of at least 4 members (excludes halogenated alkanes) is 16. The zero-order valence-corrected chi connectivity index (χ0v) is 39.3. The highest BCUT2D eigenvalue weighted by atomic mass is 16.5. The van der Waals surface area contributed by atoms with E-state index in [1.165, 1.54) is 96.8 Å². The molecule has 374 valence electrons. The van der Waals surface area contributed by atoms with Gasteiger partial charge in [0.2, 0.25) is 11.8 Å². The van der Waals surface area contributed by atoms with Crippen molar-refractivity contribution in [2.75, 3.05) is 53.1 Å². The van der Waals surface area contributed by atoms with Gasteiger partial charge >= 0.3 is 17.9 Å². The van der Waals surface area contributed by atoms with Gasteiger partial charge in [-0.05, 0) is 52.5 Å². The van der Waals surface area contributed by atoms with E-state index in [2.05, 4.69) is 31.2 Å². The van der Waals surface area contributed by atoms with Crippen molar-refractivity contribution < 1.29 is 58.4 Å². The summed E-state index contributed by atoms with van der Waals surface area (Å²) in [6, 6.07) is -2.46. The van der Waals surface area contributed by atoms with E-state index in [4.69, 9.17) is 25.4 Å². The molecule has 0 aliphatic rings. The summed E-state index contributed by atoms with van der Waals surface area (Å²) in [6.45, 7) is 2.63. The maximum absolute atomic E-state index is 12.2. The number of rotatable bonds is 44. The molecule has 0 radical (unpaired) electrons. The molecule has 0 unspecified atom stereocenters. The lowest BCUT2D eigenvalue weighted by molar-refractivity contribution is -0.140. The molecule has 0 spiro atoms. The van der Waals surface area contributed by atoms with Crippen LogP contribution in [-0.2, 0) is 49.5 Å². The molecule has 0 saturated heterocycles. The van der Waals surface area contributed by atoms with Gasteiger partial charge in [-0.2, -0.15) is 0 Å². The number of ether oxygens (including phenoxy) is 2. The number of nitrogens with two attached hydrogens (primary N) is 1. The minimum atomic E-state index is -1.07. The Morgan fingerprint density at radius 3 is 1.69 bits per heavy atom. The van der Waals surface area contributed by atoms with Crippen LogP contribution in [0.25, 0.3) is 0 Å². The van der Waals surface area contributed by atoms with Crippen LogP contribution in [0.1, 0.15) is 160 Å². The summed E-state index contributed by atoms with van der Waals surface area (Å²) in [4.78, 5) is 86.1. The number of Topliss-reactive ketones (excluding diaryl/α,β-unsaturated/α-hetero) is 2. The third-order valence-corrected chi connectivity index (χ3v) is 10.6. The molecule has 0 bridgehead atoms. The number of carbonyl (C=O) groups excluding carboxylic acids is 4. The first-order valence-corrected chi connectivity index (χ1v) is 23.8. The SMILES string of the molecule is CC(=O)CCCCCCCCCCCCCCCCCCC(=O)O.CN[C@@H](CCC(=O)NCCOCCOCC(=O)NCCCC[C@H](NCC(=O)[C@@H](N)Cc1cnc[nH]1)C(=O)O)C(=O)O. The van der Waals surface area contributed by atoms with Gasteiger partial charge in [-0.3, -0.25) is 34.1 Å². The second-order valence-electron chi connectivity index (χ2n) is 16.5. The summed E-state index contributed by atoms with van der Waals surface area (Å²) in [5.41, 5.74) is 6.59. The second-order valence-corrected chi connectivity index (χ2v) is 16.5. The van der Waals surface area contributed by atoms with E-state index in [0.717, 1.165) is 31.4 Å². The number of hydrogen-bond acceptors (Lipinski definition) is 13. The standard InChI is InChI=1S/C25H43N7O9.C21H40O3/c1-27-19(24(36)37)5-6-22(34)30-8-9-40-10-11-41-15-23(35)29-7-3-2-4-20(25(38)39)31-14-21(33)18(26)12-17-13-28-16-32-17;1-20(22)18-16-14-12-10-8-6-4-2-3-5-7-9-11-13-15-17-19-21(23)24/h13,16,18-20,27,31H,2-12,14-15,26H2,1H3,(H,28,32)(H,29,35)(H,30,34)(H,36,37)(H,38,39);2-19H2,1H3,(H,23,24)/t18-,19-,20-;/m0./s1. The van der Waals surface area contributed by atoms with E-state index >= 15 is 0 Å². The number of nitrogens with zero attached hydrogens (tertiary/aromatic N) is 1. The van der Waals surface area contributed by atoms with Gasteiger partial charge < -0.3 is 56.3 Å². The van der Waals surface area contributed by atoms with E-state index in [9.17, 15) is 38.7 Å². The van der Waals surface area contributed by atoms with Crippen molar-refractivity contribution in [3.8, 4) is 0 Å². The van der Waals surface area contributed by atoms with E-state index in [1.54, 1.807) is 13.1 Å². The number of carboxylic acids is 3. The number of nitrogens with one attached hydrogen (secondary N) is 5. The van der Waals surface area contributed by atoms with Crippen LogP contribution in [0.4, 0.5) is 0 Å². The average Bonchev–Trinajstić information content (AvgIpc) is 3.78. The van der Waals surface area contributed by atoms with Gasteiger partial charge in [-0.25, -0.2) is 4.98 Å². The summed E-state index contributed by atoms with van der Waals surface area (Å²) >= 11 is 0. The molecule has 0 fully saturated rings. The summed E-state index contributed by atoms with van der Waals surface area (Å²) in [7, 11) is 1.52. The molecule has 1 aromatic rings. The van der Waals surface area contributed by atoms with Gasteiger partial charge in [-0.1, -0.05) is 89.9 Å². The Morgan fingerprint density at radius 1 is 0.646 bits per heavy atom. The predicted octanol–water partition coefficient (Wildman–Crippen LogP) is 4.46. The molecular weight excluding hydrogens is 843 g/mol. The lowest BCUT2D eigenvalue weighted by atomic mass is 10.0. The highest BCUT2D eigenvalue weighted by molar-refractivity contribution is 5.86. The van der Waals surface area contributed by atoms with Crippen LogP contribution in [0.5, 0.6) is 0 Å². The van der Waals surface area contributed by atoms with Crippen molar-refractivity contribution in [3.05, 3.63) is 18.2 Å². The van der Waals surface area contributed by atoms with Crippen LogP contribution in [0.2, 0.25) is 0 Å². The highest BCUT2D eigenvalue weighted by Gasteiger charge is 2.21. The number of amides is 2. The third kappa shape index (κ3) is 39.8. The summed E-state index contributed by atoms with van der Waals surface area (Å²) in [5.74, 6) is -3.30. The zero-order valence-electron chi connectivity index (χ0n) is 39.3. The van der Waals surface area contributed by atoms with Gasteiger partial charge in [0.05, 0.1) is 38.7 Å². The summed E-state index contributed by atoms with van der Waals surface area (Å²) < 4.78 is 10.5. The van der Waals surface area contributed by atoms with Crippen molar-refractivity contribution in [2.45, 2.75) is 179 Å². The molecule has 19 nitrogen and oxygen atoms in total. The van der Waals surface area contributed by atoms with Crippen LogP contribution < -0.4 is 27.0 Å². The van der Waals surface area contributed by atoms with E-state index in [0.29, 0.717) is 31.6 Å². The van der Waals surface area contributed by atoms with Gasteiger partial charge in [0.1, 0.15) is 24.5 Å². The minimum absolute atomic E-state index is 0.0804. The van der Waals surface area contributed by atoms with Gasteiger partial charge in [0.25, 0.3) is 0 Å². The van der Waals surface area contributed by atoms with Gasteiger partial charge in [0, 0.05) is 50.7 Å². The number of aromatic nitrogens is 2. The maximum Gasteiger partial charge on any atom is 0.320 e. The number of ketones is 2. The molecular formula is C46H83N7O12. The smallest absolute Gasteiger partial charge is 0.320 e. The number of imidazole rings is 1. The van der Waals surface area contributed by atoms with Crippen LogP contribution >= 0.6 is 0 Å². The fraction of sp³-hybridized carbons (Fsp3) is 0.783. The summed E-state index contributed by atoms with van der Waals surface area (Å²) in [6.07, 6.45) is 26.2. The molecule has 19 heteroatoms. The Bertz CT molecular complexity index is 1390. The van der Waals surface area contributed by atoms with E-state index in [1.807, 2.05) is 0 Å². The number of likely N-dealkylation sites (N-methyl/N-ethyl adjacent to an activating group) is 1. The molecule has 1 aromatic heterocycles. The van der Waals surface area contributed by atoms with Crippen LogP contribution in [0.15, 0.2) is 12.5 Å². The van der Waals surface area contributed by atoms with Gasteiger partial charge in [-0.15, -0.1) is 0 Å². The Kier molecular flexibility index (Phi) is 39.5. The molecule has 0 aromatic carbocycles. The molecule has 0 aliphatic heterocycles. The van der Waals surface area contributed by atoms with Crippen molar-refractivity contribution >= 4 is 41.3 Å². The normalized spacial score (nSPS) is 12.4. The Labute approximate surface area is 386 Å². The minimum Gasteiger partial charge on any atom is -0.481 e. The third-order valence-electron chi connectivity index (χ3n) is 10.6. The first kappa shape index (κ1) is 60.7. The van der Waals surface area contributed by atoms with Crippen molar-refractivity contribution in [3.63, 3.8) is 0 Å². The lowest BCUT2D eigenvalue weighted by Gasteiger charge is -2.16. The summed E-state index contributed by atoms with van der Waals surface area (Å²) in [5, 5.41) is 37.5.